The Bertz CT molecular complexity index is 601. The molecule has 0 saturated heterocycles. The van der Waals surface area contributed by atoms with Crippen LogP contribution in [0.4, 0.5) is 0 Å². The maximum absolute atomic E-state index is 6.22. The van der Waals surface area contributed by atoms with Crippen molar-refractivity contribution in [3.05, 3.63) is 59.9 Å². The second-order valence-corrected chi connectivity index (χ2v) is 5.51. The molecule has 1 aliphatic heterocycles. The molecule has 2 heterocycles. The molecule has 0 fully saturated rings. The maximum atomic E-state index is 6.22. The SMILES string of the molecule is CCCCCCC1=Cn2ccnc2C(c2ccccc2)O1. The molecule has 3 heteroatoms. The molecule has 0 saturated carbocycles. The van der Waals surface area contributed by atoms with Crippen LogP contribution >= 0.6 is 0 Å². The van der Waals surface area contributed by atoms with E-state index >= 15 is 0 Å². The summed E-state index contributed by atoms with van der Waals surface area (Å²) in [5, 5.41) is 0. The lowest BCUT2D eigenvalue weighted by Gasteiger charge is -2.25. The zero-order chi connectivity index (χ0) is 14.5. The highest BCUT2D eigenvalue weighted by atomic mass is 16.5. The number of fused-ring (bicyclic) bond motifs is 1. The van der Waals surface area contributed by atoms with Crippen LogP contribution in [0.15, 0.2) is 48.5 Å². The van der Waals surface area contributed by atoms with E-state index in [-0.39, 0.29) is 6.10 Å². The minimum absolute atomic E-state index is 0.0904. The van der Waals surface area contributed by atoms with Crippen molar-refractivity contribution in [2.24, 2.45) is 0 Å². The molecule has 0 radical (unpaired) electrons. The second-order valence-electron chi connectivity index (χ2n) is 5.51. The van der Waals surface area contributed by atoms with Gasteiger partial charge in [0.25, 0.3) is 0 Å². The summed E-state index contributed by atoms with van der Waals surface area (Å²) in [7, 11) is 0. The molecule has 1 atom stereocenters. The van der Waals surface area contributed by atoms with Crippen LogP contribution < -0.4 is 0 Å². The third-order valence-electron chi connectivity index (χ3n) is 3.86. The van der Waals surface area contributed by atoms with Crippen LogP contribution in [-0.2, 0) is 4.74 Å². The van der Waals surface area contributed by atoms with Crippen LogP contribution in [0.1, 0.15) is 56.5 Å². The van der Waals surface area contributed by atoms with Crippen molar-refractivity contribution in [3.63, 3.8) is 0 Å². The number of rotatable bonds is 6. The number of benzene rings is 1. The summed E-state index contributed by atoms with van der Waals surface area (Å²) in [6.07, 6.45) is 11.8. The lowest BCUT2D eigenvalue weighted by Crippen LogP contribution is -2.16. The molecule has 1 aromatic carbocycles. The van der Waals surface area contributed by atoms with E-state index in [2.05, 4.69) is 34.8 Å². The Kier molecular flexibility index (Phi) is 4.39. The van der Waals surface area contributed by atoms with E-state index in [4.69, 9.17) is 4.74 Å². The lowest BCUT2D eigenvalue weighted by atomic mass is 10.1. The minimum Gasteiger partial charge on any atom is -0.481 e. The highest BCUT2D eigenvalue weighted by Crippen LogP contribution is 2.33. The van der Waals surface area contributed by atoms with Crippen LogP contribution in [0.25, 0.3) is 6.20 Å². The van der Waals surface area contributed by atoms with E-state index in [0.717, 1.165) is 23.6 Å². The van der Waals surface area contributed by atoms with Crippen molar-refractivity contribution in [3.8, 4) is 0 Å². The third kappa shape index (κ3) is 3.18. The number of hydrogen-bond acceptors (Lipinski definition) is 2. The maximum Gasteiger partial charge on any atom is 0.181 e. The molecule has 1 aromatic heterocycles. The van der Waals surface area contributed by atoms with Crippen molar-refractivity contribution in [1.82, 2.24) is 9.55 Å². The van der Waals surface area contributed by atoms with Crippen molar-refractivity contribution in [1.29, 1.82) is 0 Å². The first-order chi connectivity index (χ1) is 10.4. The number of hydrogen-bond donors (Lipinski definition) is 0. The Morgan fingerprint density at radius 3 is 2.81 bits per heavy atom. The fourth-order valence-electron chi connectivity index (χ4n) is 2.72. The zero-order valence-electron chi connectivity index (χ0n) is 12.5. The molecule has 0 amide bonds. The molecule has 21 heavy (non-hydrogen) atoms. The summed E-state index contributed by atoms with van der Waals surface area (Å²) in [4.78, 5) is 4.45. The van der Waals surface area contributed by atoms with Crippen LogP contribution in [0.5, 0.6) is 0 Å². The molecule has 2 aromatic rings. The molecular formula is C18H22N2O. The predicted molar refractivity (Wildman–Crippen MR) is 84.6 cm³/mol. The summed E-state index contributed by atoms with van der Waals surface area (Å²) < 4.78 is 8.31. The van der Waals surface area contributed by atoms with Gasteiger partial charge in [-0.3, -0.25) is 0 Å². The summed E-state index contributed by atoms with van der Waals surface area (Å²) in [5.41, 5.74) is 1.16. The first-order valence-corrected chi connectivity index (χ1v) is 7.83. The molecule has 1 aliphatic rings. The zero-order valence-corrected chi connectivity index (χ0v) is 12.5. The van der Waals surface area contributed by atoms with Crippen molar-refractivity contribution < 1.29 is 4.74 Å². The van der Waals surface area contributed by atoms with Gasteiger partial charge in [-0.1, -0.05) is 56.5 Å². The number of aromatic nitrogens is 2. The summed E-state index contributed by atoms with van der Waals surface area (Å²) in [6.45, 7) is 2.24. The van der Waals surface area contributed by atoms with Crippen LogP contribution in [0, 0.1) is 0 Å². The summed E-state index contributed by atoms with van der Waals surface area (Å²) >= 11 is 0. The molecule has 0 N–H and O–H groups in total. The van der Waals surface area contributed by atoms with Gasteiger partial charge in [0.1, 0.15) is 5.76 Å². The number of imidazole rings is 1. The van der Waals surface area contributed by atoms with Crippen molar-refractivity contribution >= 4 is 6.20 Å². The highest BCUT2D eigenvalue weighted by Gasteiger charge is 2.25. The van der Waals surface area contributed by atoms with Gasteiger partial charge in [-0.05, 0) is 6.42 Å². The van der Waals surface area contributed by atoms with E-state index in [9.17, 15) is 0 Å². The minimum atomic E-state index is -0.0904. The van der Waals surface area contributed by atoms with E-state index in [1.165, 1.54) is 25.7 Å². The molecule has 0 spiro atoms. The van der Waals surface area contributed by atoms with E-state index < -0.39 is 0 Å². The normalized spacial score (nSPS) is 17.0. The van der Waals surface area contributed by atoms with Gasteiger partial charge in [-0.25, -0.2) is 4.98 Å². The largest absolute Gasteiger partial charge is 0.481 e. The summed E-state index contributed by atoms with van der Waals surface area (Å²) in [5.74, 6) is 2.02. The smallest absolute Gasteiger partial charge is 0.181 e. The van der Waals surface area contributed by atoms with Gasteiger partial charge in [0.05, 0.1) is 0 Å². The van der Waals surface area contributed by atoms with Gasteiger partial charge in [0.2, 0.25) is 0 Å². The fourth-order valence-corrected chi connectivity index (χ4v) is 2.72. The molecule has 0 aliphatic carbocycles. The van der Waals surface area contributed by atoms with Crippen LogP contribution in [-0.4, -0.2) is 9.55 Å². The Morgan fingerprint density at radius 1 is 1.14 bits per heavy atom. The van der Waals surface area contributed by atoms with E-state index in [0.29, 0.717) is 0 Å². The van der Waals surface area contributed by atoms with Gasteiger partial charge in [-0.15, -0.1) is 0 Å². The molecule has 3 rings (SSSR count). The lowest BCUT2D eigenvalue weighted by molar-refractivity contribution is 0.126. The Hall–Kier alpha value is -2.03. The van der Waals surface area contributed by atoms with E-state index in [1.54, 1.807) is 0 Å². The molecule has 110 valence electrons. The van der Waals surface area contributed by atoms with Crippen LogP contribution in [0.2, 0.25) is 0 Å². The monoisotopic (exact) mass is 282 g/mol. The number of ether oxygens (including phenoxy) is 1. The van der Waals surface area contributed by atoms with E-state index in [1.807, 2.05) is 30.6 Å². The molecule has 3 nitrogen and oxygen atoms in total. The number of nitrogens with zero attached hydrogens (tertiary/aromatic N) is 2. The van der Waals surface area contributed by atoms with Gasteiger partial charge in [-0.2, -0.15) is 0 Å². The van der Waals surface area contributed by atoms with Gasteiger partial charge < -0.3 is 9.30 Å². The summed E-state index contributed by atoms with van der Waals surface area (Å²) in [6, 6.07) is 10.3. The Labute approximate surface area is 126 Å². The topological polar surface area (TPSA) is 27.1 Å². The number of unbranched alkanes of at least 4 members (excludes halogenated alkanes) is 3. The Morgan fingerprint density at radius 2 is 2.00 bits per heavy atom. The first-order valence-electron chi connectivity index (χ1n) is 7.83. The average Bonchev–Trinajstić information content (AvgIpc) is 3.00. The molecule has 1 unspecified atom stereocenters. The fraction of sp³-hybridized carbons (Fsp3) is 0.389. The predicted octanol–water partition coefficient (Wildman–Crippen LogP) is 4.77. The highest BCUT2D eigenvalue weighted by molar-refractivity contribution is 5.37. The number of allylic oxidation sites excluding steroid dienone is 1. The average molecular weight is 282 g/mol. The van der Waals surface area contributed by atoms with Gasteiger partial charge >= 0.3 is 0 Å². The van der Waals surface area contributed by atoms with Crippen molar-refractivity contribution in [2.75, 3.05) is 0 Å². The molecule has 0 bridgehead atoms. The third-order valence-corrected chi connectivity index (χ3v) is 3.86. The first kappa shape index (κ1) is 13.9. The molecular weight excluding hydrogens is 260 g/mol. The standard InChI is InChI=1S/C18H22N2O/c1-2-3-4-8-11-16-14-20-13-12-19-18(20)17(21-16)15-9-6-5-7-10-15/h5-7,9-10,12-14,17H,2-4,8,11H2,1H3. The second kappa shape index (κ2) is 6.61. The Balaban J connectivity index is 1.77. The van der Waals surface area contributed by atoms with Crippen LogP contribution in [0.3, 0.4) is 0 Å². The van der Waals surface area contributed by atoms with Crippen molar-refractivity contribution in [2.45, 2.75) is 45.1 Å². The quantitative estimate of drug-likeness (QED) is 0.713. The van der Waals surface area contributed by atoms with Gasteiger partial charge in [0.15, 0.2) is 11.9 Å². The van der Waals surface area contributed by atoms with Gasteiger partial charge in [0, 0.05) is 30.6 Å².